The molecule has 1 atom stereocenters. The molecule has 1 aromatic carbocycles. The zero-order chi connectivity index (χ0) is 12.1. The summed E-state index contributed by atoms with van der Waals surface area (Å²) in [6.45, 7) is 2.95. The Labute approximate surface area is 103 Å². The summed E-state index contributed by atoms with van der Waals surface area (Å²) >= 11 is 0. The number of nitrogens with one attached hydrogen (secondary N) is 1. The molecule has 0 bridgehead atoms. The third-order valence-electron chi connectivity index (χ3n) is 3.76. The monoisotopic (exact) mass is 231 g/mol. The predicted molar refractivity (Wildman–Crippen MR) is 69.8 cm³/mol. The first kappa shape index (κ1) is 12.2. The van der Waals surface area contributed by atoms with Crippen molar-refractivity contribution in [2.45, 2.75) is 38.5 Å². The van der Waals surface area contributed by atoms with Crippen molar-refractivity contribution in [3.05, 3.63) is 35.9 Å². The largest absolute Gasteiger partial charge is 0.355 e. The van der Waals surface area contributed by atoms with Crippen LogP contribution < -0.4 is 5.32 Å². The van der Waals surface area contributed by atoms with Crippen LogP contribution in [-0.4, -0.2) is 12.5 Å². The van der Waals surface area contributed by atoms with Crippen molar-refractivity contribution < 1.29 is 4.79 Å². The highest BCUT2D eigenvalue weighted by molar-refractivity contribution is 5.79. The molecule has 2 rings (SSSR count). The van der Waals surface area contributed by atoms with Crippen LogP contribution in [0.4, 0.5) is 0 Å². The van der Waals surface area contributed by atoms with Gasteiger partial charge >= 0.3 is 0 Å². The van der Waals surface area contributed by atoms with Crippen molar-refractivity contribution in [1.82, 2.24) is 5.32 Å². The molecule has 2 heteroatoms. The number of carbonyl (C=O) groups is 1. The van der Waals surface area contributed by atoms with Gasteiger partial charge in [-0.15, -0.1) is 0 Å². The summed E-state index contributed by atoms with van der Waals surface area (Å²) in [4.78, 5) is 11.8. The van der Waals surface area contributed by atoms with Gasteiger partial charge < -0.3 is 5.32 Å². The molecule has 0 aromatic heterocycles. The third kappa shape index (κ3) is 3.09. The van der Waals surface area contributed by atoms with E-state index in [0.717, 1.165) is 25.8 Å². The molecule has 0 heterocycles. The topological polar surface area (TPSA) is 29.1 Å². The van der Waals surface area contributed by atoms with Crippen LogP contribution in [0.3, 0.4) is 0 Å². The van der Waals surface area contributed by atoms with Gasteiger partial charge in [-0.05, 0) is 24.8 Å². The van der Waals surface area contributed by atoms with Gasteiger partial charge in [0.1, 0.15) is 0 Å². The number of carbonyl (C=O) groups excluding carboxylic acids is 1. The van der Waals surface area contributed by atoms with E-state index < -0.39 is 0 Å². The fourth-order valence-electron chi connectivity index (χ4n) is 2.26. The molecule has 1 aromatic rings. The van der Waals surface area contributed by atoms with E-state index in [1.807, 2.05) is 6.07 Å². The van der Waals surface area contributed by atoms with E-state index in [1.54, 1.807) is 0 Å². The lowest BCUT2D eigenvalue weighted by molar-refractivity contribution is -0.127. The van der Waals surface area contributed by atoms with Crippen LogP contribution >= 0.6 is 0 Å². The van der Waals surface area contributed by atoms with E-state index >= 15 is 0 Å². The lowest BCUT2D eigenvalue weighted by Crippen LogP contribution is -2.36. The first-order chi connectivity index (χ1) is 8.31. The van der Waals surface area contributed by atoms with Crippen LogP contribution in [0, 0.1) is 5.92 Å². The maximum absolute atomic E-state index is 11.8. The van der Waals surface area contributed by atoms with Gasteiger partial charge in [0.15, 0.2) is 0 Å². The second kappa shape index (κ2) is 5.85. The fourth-order valence-corrected chi connectivity index (χ4v) is 2.26. The Hall–Kier alpha value is -1.31. The quantitative estimate of drug-likeness (QED) is 0.829. The highest BCUT2D eigenvalue weighted by atomic mass is 16.1. The SMILES string of the molecule is CCC(CNC(=O)C1CCC1)c1ccccc1. The van der Waals surface area contributed by atoms with E-state index in [1.165, 1.54) is 12.0 Å². The van der Waals surface area contributed by atoms with Gasteiger partial charge in [0.2, 0.25) is 5.91 Å². The van der Waals surface area contributed by atoms with Crippen molar-refractivity contribution in [3.8, 4) is 0 Å². The Morgan fingerprint density at radius 3 is 2.59 bits per heavy atom. The van der Waals surface area contributed by atoms with E-state index in [9.17, 15) is 4.79 Å². The number of benzene rings is 1. The maximum Gasteiger partial charge on any atom is 0.223 e. The van der Waals surface area contributed by atoms with Crippen LogP contribution in [0.1, 0.15) is 44.1 Å². The Morgan fingerprint density at radius 2 is 2.06 bits per heavy atom. The van der Waals surface area contributed by atoms with Gasteiger partial charge in [-0.1, -0.05) is 43.7 Å². The summed E-state index contributed by atoms with van der Waals surface area (Å²) < 4.78 is 0. The average Bonchev–Trinajstić information content (AvgIpc) is 2.29. The molecule has 2 nitrogen and oxygen atoms in total. The molecule has 0 aliphatic heterocycles. The number of hydrogen-bond donors (Lipinski definition) is 1. The molecule has 0 spiro atoms. The van der Waals surface area contributed by atoms with Crippen molar-refractivity contribution in [2.75, 3.05) is 6.54 Å². The minimum absolute atomic E-state index is 0.255. The molecule has 17 heavy (non-hydrogen) atoms. The molecular weight excluding hydrogens is 210 g/mol. The van der Waals surface area contributed by atoms with Crippen molar-refractivity contribution in [3.63, 3.8) is 0 Å². The van der Waals surface area contributed by atoms with Gasteiger partial charge in [0.25, 0.3) is 0 Å². The maximum atomic E-state index is 11.8. The third-order valence-corrected chi connectivity index (χ3v) is 3.76. The van der Waals surface area contributed by atoms with Gasteiger partial charge in [-0.25, -0.2) is 0 Å². The molecule has 1 fully saturated rings. The lowest BCUT2D eigenvalue weighted by atomic mass is 9.84. The predicted octanol–water partition coefficient (Wildman–Crippen LogP) is 3.10. The molecule has 92 valence electrons. The van der Waals surface area contributed by atoms with Crippen LogP contribution in [0.2, 0.25) is 0 Å². The van der Waals surface area contributed by atoms with Crippen molar-refractivity contribution in [2.24, 2.45) is 5.92 Å². The van der Waals surface area contributed by atoms with Gasteiger partial charge in [0, 0.05) is 18.4 Å². The Morgan fingerprint density at radius 1 is 1.35 bits per heavy atom. The number of hydrogen-bond acceptors (Lipinski definition) is 1. The standard InChI is InChI=1S/C15H21NO/c1-2-12(13-7-4-3-5-8-13)11-16-15(17)14-9-6-10-14/h3-5,7-8,12,14H,2,6,9-11H2,1H3,(H,16,17). The summed E-state index contributed by atoms with van der Waals surface area (Å²) in [7, 11) is 0. The summed E-state index contributed by atoms with van der Waals surface area (Å²) in [5.74, 6) is 0.995. The van der Waals surface area contributed by atoms with E-state index in [0.29, 0.717) is 11.8 Å². The molecule has 1 saturated carbocycles. The van der Waals surface area contributed by atoms with Gasteiger partial charge in [-0.3, -0.25) is 4.79 Å². The second-order valence-corrected chi connectivity index (χ2v) is 4.89. The summed E-state index contributed by atoms with van der Waals surface area (Å²) in [6.07, 6.45) is 4.44. The van der Waals surface area contributed by atoms with Crippen molar-refractivity contribution in [1.29, 1.82) is 0 Å². The fraction of sp³-hybridized carbons (Fsp3) is 0.533. The zero-order valence-electron chi connectivity index (χ0n) is 10.5. The molecular formula is C15H21NO. The van der Waals surface area contributed by atoms with Crippen LogP contribution in [0.25, 0.3) is 0 Å². The lowest BCUT2D eigenvalue weighted by Gasteiger charge is -2.25. The van der Waals surface area contributed by atoms with Crippen LogP contribution in [-0.2, 0) is 4.79 Å². The number of rotatable bonds is 5. The van der Waals surface area contributed by atoms with Crippen LogP contribution in [0.5, 0.6) is 0 Å². The molecule has 0 saturated heterocycles. The molecule has 1 amide bonds. The summed E-state index contributed by atoms with van der Waals surface area (Å²) in [5.41, 5.74) is 1.32. The van der Waals surface area contributed by atoms with Crippen molar-refractivity contribution >= 4 is 5.91 Å². The first-order valence-electron chi connectivity index (χ1n) is 6.64. The normalized spacial score (nSPS) is 17.2. The molecule has 1 N–H and O–H groups in total. The van der Waals surface area contributed by atoms with E-state index in [-0.39, 0.29) is 5.91 Å². The Balaban J connectivity index is 1.85. The highest BCUT2D eigenvalue weighted by Gasteiger charge is 2.25. The molecule has 1 unspecified atom stereocenters. The second-order valence-electron chi connectivity index (χ2n) is 4.89. The Bertz CT molecular complexity index is 356. The van der Waals surface area contributed by atoms with Gasteiger partial charge in [0.05, 0.1) is 0 Å². The smallest absolute Gasteiger partial charge is 0.223 e. The average molecular weight is 231 g/mol. The van der Waals surface area contributed by atoms with E-state index in [4.69, 9.17) is 0 Å². The minimum atomic E-state index is 0.255. The Kier molecular flexibility index (Phi) is 4.18. The minimum Gasteiger partial charge on any atom is -0.355 e. The highest BCUT2D eigenvalue weighted by Crippen LogP contribution is 2.26. The van der Waals surface area contributed by atoms with Gasteiger partial charge in [-0.2, -0.15) is 0 Å². The zero-order valence-corrected chi connectivity index (χ0v) is 10.5. The first-order valence-corrected chi connectivity index (χ1v) is 6.64. The molecule has 1 aliphatic rings. The molecule has 1 aliphatic carbocycles. The van der Waals surface area contributed by atoms with E-state index in [2.05, 4.69) is 36.5 Å². The van der Waals surface area contributed by atoms with Crippen LogP contribution in [0.15, 0.2) is 30.3 Å². The summed E-state index contributed by atoms with van der Waals surface area (Å²) in [6, 6.07) is 10.4. The summed E-state index contributed by atoms with van der Waals surface area (Å²) in [5, 5.41) is 3.10. The number of amides is 1. The molecule has 0 radical (unpaired) electrons.